The van der Waals surface area contributed by atoms with E-state index in [9.17, 15) is 4.79 Å². The van der Waals surface area contributed by atoms with Gasteiger partial charge in [-0.3, -0.25) is 4.79 Å². The highest BCUT2D eigenvalue weighted by atomic mass is 16.6. The van der Waals surface area contributed by atoms with Gasteiger partial charge in [0.25, 0.3) is 0 Å². The van der Waals surface area contributed by atoms with Crippen LogP contribution in [0.25, 0.3) is 0 Å². The number of carbonyl (C=O) groups excluding carboxylic acids is 1. The minimum atomic E-state index is -0.419. The molecule has 118 valence electrons. The summed E-state index contributed by atoms with van der Waals surface area (Å²) in [5, 5.41) is 3.26. The summed E-state index contributed by atoms with van der Waals surface area (Å²) < 4.78 is 10.9. The van der Waals surface area contributed by atoms with Crippen molar-refractivity contribution in [3.63, 3.8) is 0 Å². The Balaban J connectivity index is 2.18. The lowest BCUT2D eigenvalue weighted by Gasteiger charge is -2.20. The van der Waals surface area contributed by atoms with Gasteiger partial charge < -0.3 is 14.8 Å². The number of aryl methyl sites for hydroxylation is 1. The molecule has 0 saturated carbocycles. The van der Waals surface area contributed by atoms with Gasteiger partial charge in [0.05, 0.1) is 6.42 Å². The second-order valence-corrected chi connectivity index (χ2v) is 6.32. The second kappa shape index (κ2) is 8.03. The van der Waals surface area contributed by atoms with E-state index in [0.29, 0.717) is 19.6 Å². The number of benzene rings is 1. The molecule has 4 heteroatoms. The van der Waals surface area contributed by atoms with E-state index in [0.717, 1.165) is 5.75 Å². The molecule has 0 radical (unpaired) electrons. The average molecular weight is 293 g/mol. The number of esters is 1. The molecule has 0 aromatic heterocycles. The van der Waals surface area contributed by atoms with Gasteiger partial charge in [-0.15, -0.1) is 0 Å². The summed E-state index contributed by atoms with van der Waals surface area (Å²) in [4.78, 5) is 11.6. The first-order chi connectivity index (χ1) is 9.76. The number of hydrogen-bond donors (Lipinski definition) is 1. The molecule has 0 aliphatic carbocycles. The molecule has 1 rings (SSSR count). The standard InChI is InChI=1S/C17H27NO3/c1-13-6-8-15(9-7-13)20-12-14(2)18-11-10-16(19)21-17(3,4)5/h6-9,14,18H,10-12H2,1-5H3. The van der Waals surface area contributed by atoms with Crippen molar-refractivity contribution in [3.05, 3.63) is 29.8 Å². The SMILES string of the molecule is Cc1ccc(OCC(C)NCCC(=O)OC(C)(C)C)cc1. The summed E-state index contributed by atoms with van der Waals surface area (Å²) in [7, 11) is 0. The van der Waals surface area contributed by atoms with Crippen molar-refractivity contribution in [2.45, 2.75) is 52.7 Å². The van der Waals surface area contributed by atoms with E-state index in [4.69, 9.17) is 9.47 Å². The van der Waals surface area contributed by atoms with E-state index < -0.39 is 5.60 Å². The van der Waals surface area contributed by atoms with Crippen LogP contribution in [0.2, 0.25) is 0 Å². The van der Waals surface area contributed by atoms with Crippen LogP contribution in [-0.4, -0.2) is 30.8 Å². The van der Waals surface area contributed by atoms with Gasteiger partial charge in [-0.25, -0.2) is 0 Å². The molecule has 1 N–H and O–H groups in total. The molecular weight excluding hydrogens is 266 g/mol. The number of hydrogen-bond acceptors (Lipinski definition) is 4. The monoisotopic (exact) mass is 293 g/mol. The Kier molecular flexibility index (Phi) is 6.69. The van der Waals surface area contributed by atoms with Crippen LogP contribution in [0.4, 0.5) is 0 Å². The fraction of sp³-hybridized carbons (Fsp3) is 0.588. The fourth-order valence-electron chi connectivity index (χ4n) is 1.73. The zero-order valence-corrected chi connectivity index (χ0v) is 13.7. The Morgan fingerprint density at radius 1 is 1.24 bits per heavy atom. The maximum Gasteiger partial charge on any atom is 0.307 e. The van der Waals surface area contributed by atoms with Gasteiger partial charge in [0.1, 0.15) is 18.0 Å². The molecule has 0 bridgehead atoms. The van der Waals surface area contributed by atoms with E-state index in [1.54, 1.807) is 0 Å². The Hall–Kier alpha value is -1.55. The highest BCUT2D eigenvalue weighted by Crippen LogP contribution is 2.11. The molecular formula is C17H27NO3. The molecule has 21 heavy (non-hydrogen) atoms. The molecule has 1 aromatic carbocycles. The zero-order valence-electron chi connectivity index (χ0n) is 13.7. The van der Waals surface area contributed by atoms with Crippen LogP contribution >= 0.6 is 0 Å². The third-order valence-corrected chi connectivity index (χ3v) is 2.76. The van der Waals surface area contributed by atoms with Gasteiger partial charge in [-0.05, 0) is 46.8 Å². The molecule has 0 saturated heterocycles. The number of ether oxygens (including phenoxy) is 2. The van der Waals surface area contributed by atoms with Crippen LogP contribution in [-0.2, 0) is 9.53 Å². The summed E-state index contributed by atoms with van der Waals surface area (Å²) >= 11 is 0. The third kappa shape index (κ3) is 8.35. The van der Waals surface area contributed by atoms with Crippen molar-refractivity contribution < 1.29 is 14.3 Å². The van der Waals surface area contributed by atoms with E-state index in [1.807, 2.05) is 58.9 Å². The first-order valence-corrected chi connectivity index (χ1v) is 7.41. The highest BCUT2D eigenvalue weighted by Gasteiger charge is 2.15. The van der Waals surface area contributed by atoms with Crippen LogP contribution in [0.3, 0.4) is 0 Å². The first kappa shape index (κ1) is 17.5. The quantitative estimate of drug-likeness (QED) is 0.785. The maximum atomic E-state index is 11.6. The Morgan fingerprint density at radius 3 is 2.43 bits per heavy atom. The molecule has 1 atom stereocenters. The summed E-state index contributed by atoms with van der Waals surface area (Å²) in [6, 6.07) is 8.14. The lowest BCUT2D eigenvalue weighted by Crippen LogP contribution is -2.34. The normalized spacial score (nSPS) is 12.8. The van der Waals surface area contributed by atoms with Crippen molar-refractivity contribution in [2.24, 2.45) is 0 Å². The van der Waals surface area contributed by atoms with Crippen LogP contribution in [0.15, 0.2) is 24.3 Å². The molecule has 0 amide bonds. The number of carbonyl (C=O) groups is 1. The molecule has 1 unspecified atom stereocenters. The fourth-order valence-corrected chi connectivity index (χ4v) is 1.73. The largest absolute Gasteiger partial charge is 0.492 e. The van der Waals surface area contributed by atoms with Gasteiger partial charge in [-0.2, -0.15) is 0 Å². The van der Waals surface area contributed by atoms with E-state index in [2.05, 4.69) is 5.32 Å². The molecule has 1 aromatic rings. The van der Waals surface area contributed by atoms with Crippen LogP contribution in [0, 0.1) is 6.92 Å². The molecule has 0 aliphatic heterocycles. The predicted molar refractivity (Wildman–Crippen MR) is 84.6 cm³/mol. The average Bonchev–Trinajstić information content (AvgIpc) is 2.36. The third-order valence-electron chi connectivity index (χ3n) is 2.76. The summed E-state index contributed by atoms with van der Waals surface area (Å²) in [6.45, 7) is 10.8. The van der Waals surface area contributed by atoms with Gasteiger partial charge in [0.15, 0.2) is 0 Å². The lowest BCUT2D eigenvalue weighted by atomic mass is 10.2. The Labute approximate surface area is 127 Å². The molecule has 0 aliphatic rings. The van der Waals surface area contributed by atoms with Crippen LogP contribution in [0.5, 0.6) is 5.75 Å². The van der Waals surface area contributed by atoms with E-state index in [1.165, 1.54) is 5.56 Å². The smallest absolute Gasteiger partial charge is 0.307 e. The molecule has 4 nitrogen and oxygen atoms in total. The van der Waals surface area contributed by atoms with E-state index >= 15 is 0 Å². The number of rotatable bonds is 7. The van der Waals surface area contributed by atoms with Gasteiger partial charge in [0, 0.05) is 12.6 Å². The summed E-state index contributed by atoms with van der Waals surface area (Å²) in [5.41, 5.74) is 0.794. The van der Waals surface area contributed by atoms with Crippen molar-refractivity contribution in [3.8, 4) is 5.75 Å². The minimum absolute atomic E-state index is 0.175. The predicted octanol–water partition coefficient (Wildman–Crippen LogP) is 3.08. The van der Waals surface area contributed by atoms with Crippen molar-refractivity contribution >= 4 is 5.97 Å². The first-order valence-electron chi connectivity index (χ1n) is 7.41. The van der Waals surface area contributed by atoms with Gasteiger partial charge in [0.2, 0.25) is 0 Å². The number of nitrogens with one attached hydrogen (secondary N) is 1. The van der Waals surface area contributed by atoms with Crippen molar-refractivity contribution in [2.75, 3.05) is 13.2 Å². The van der Waals surface area contributed by atoms with Crippen molar-refractivity contribution in [1.29, 1.82) is 0 Å². The zero-order chi connectivity index (χ0) is 15.9. The summed E-state index contributed by atoms with van der Waals surface area (Å²) in [6.07, 6.45) is 0.367. The molecule has 0 spiro atoms. The Morgan fingerprint density at radius 2 is 1.86 bits per heavy atom. The summed E-state index contributed by atoms with van der Waals surface area (Å²) in [5.74, 6) is 0.683. The maximum absolute atomic E-state index is 11.6. The van der Waals surface area contributed by atoms with Gasteiger partial charge in [-0.1, -0.05) is 17.7 Å². The second-order valence-electron chi connectivity index (χ2n) is 6.32. The van der Waals surface area contributed by atoms with Gasteiger partial charge >= 0.3 is 5.97 Å². The molecule has 0 heterocycles. The van der Waals surface area contributed by atoms with E-state index in [-0.39, 0.29) is 12.0 Å². The minimum Gasteiger partial charge on any atom is -0.492 e. The highest BCUT2D eigenvalue weighted by molar-refractivity contribution is 5.70. The topological polar surface area (TPSA) is 47.6 Å². The van der Waals surface area contributed by atoms with Crippen LogP contribution in [0.1, 0.15) is 39.7 Å². The van der Waals surface area contributed by atoms with Crippen LogP contribution < -0.4 is 10.1 Å². The molecule has 0 fully saturated rings. The lowest BCUT2D eigenvalue weighted by molar-refractivity contribution is -0.154. The Bertz CT molecular complexity index is 434. The van der Waals surface area contributed by atoms with Crippen molar-refractivity contribution in [1.82, 2.24) is 5.32 Å².